The standard InChI is InChI=1S/C18H20BrNO/c19-17-8-6-16(7-9-17)18-14-20(12-13-21-18)11-10-15-4-2-1-3-5-15/h1-9,18H,10-14H2/t18-/m0/s1. The molecule has 0 N–H and O–H groups in total. The lowest BCUT2D eigenvalue weighted by Crippen LogP contribution is -2.39. The number of hydrogen-bond donors (Lipinski definition) is 0. The van der Waals surface area contributed by atoms with E-state index >= 15 is 0 Å². The van der Waals surface area contributed by atoms with Crippen LogP contribution in [0.1, 0.15) is 17.2 Å². The van der Waals surface area contributed by atoms with E-state index in [4.69, 9.17) is 4.74 Å². The van der Waals surface area contributed by atoms with Gasteiger partial charge in [-0.3, -0.25) is 4.90 Å². The summed E-state index contributed by atoms with van der Waals surface area (Å²) in [6.07, 6.45) is 1.30. The molecule has 0 aromatic heterocycles. The summed E-state index contributed by atoms with van der Waals surface area (Å²) in [6.45, 7) is 3.92. The van der Waals surface area contributed by atoms with Gasteiger partial charge in [0.1, 0.15) is 0 Å². The second-order valence-electron chi connectivity index (χ2n) is 5.45. The van der Waals surface area contributed by atoms with Crippen molar-refractivity contribution in [2.75, 3.05) is 26.2 Å². The van der Waals surface area contributed by atoms with Crippen LogP contribution in [0, 0.1) is 0 Å². The van der Waals surface area contributed by atoms with Crippen LogP contribution in [0.25, 0.3) is 0 Å². The van der Waals surface area contributed by atoms with Gasteiger partial charge in [-0.25, -0.2) is 0 Å². The molecule has 0 radical (unpaired) electrons. The van der Waals surface area contributed by atoms with Crippen LogP contribution < -0.4 is 0 Å². The molecule has 1 saturated heterocycles. The van der Waals surface area contributed by atoms with E-state index in [9.17, 15) is 0 Å². The van der Waals surface area contributed by atoms with Crippen LogP contribution in [0.4, 0.5) is 0 Å². The van der Waals surface area contributed by atoms with Gasteiger partial charge in [-0.15, -0.1) is 0 Å². The largest absolute Gasteiger partial charge is 0.371 e. The van der Waals surface area contributed by atoms with Crippen molar-refractivity contribution in [2.45, 2.75) is 12.5 Å². The molecule has 2 aromatic rings. The van der Waals surface area contributed by atoms with E-state index in [1.54, 1.807) is 0 Å². The first-order valence-corrected chi connectivity index (χ1v) is 8.24. The first-order chi connectivity index (χ1) is 10.3. The zero-order chi connectivity index (χ0) is 14.5. The maximum absolute atomic E-state index is 5.93. The molecule has 1 aliphatic rings. The Morgan fingerprint density at radius 2 is 1.81 bits per heavy atom. The topological polar surface area (TPSA) is 12.5 Å². The number of nitrogens with zero attached hydrogens (tertiary/aromatic N) is 1. The molecule has 0 amide bonds. The Bertz CT molecular complexity index is 555. The van der Waals surface area contributed by atoms with Gasteiger partial charge in [-0.2, -0.15) is 0 Å². The van der Waals surface area contributed by atoms with Crippen molar-refractivity contribution < 1.29 is 4.74 Å². The van der Waals surface area contributed by atoms with Crippen LogP contribution >= 0.6 is 15.9 Å². The molecule has 21 heavy (non-hydrogen) atoms. The van der Waals surface area contributed by atoms with Gasteiger partial charge in [0.05, 0.1) is 12.7 Å². The van der Waals surface area contributed by atoms with Crippen molar-refractivity contribution in [1.82, 2.24) is 4.90 Å². The van der Waals surface area contributed by atoms with Crippen molar-refractivity contribution in [3.05, 3.63) is 70.2 Å². The third-order valence-electron chi connectivity index (χ3n) is 3.95. The third kappa shape index (κ3) is 4.16. The van der Waals surface area contributed by atoms with Crippen LogP contribution in [0.15, 0.2) is 59.1 Å². The highest BCUT2D eigenvalue weighted by Gasteiger charge is 2.21. The number of ether oxygens (including phenoxy) is 1. The molecule has 1 fully saturated rings. The summed E-state index contributed by atoms with van der Waals surface area (Å²) in [7, 11) is 0. The minimum atomic E-state index is 0.197. The van der Waals surface area contributed by atoms with Gasteiger partial charge >= 0.3 is 0 Å². The van der Waals surface area contributed by atoms with E-state index in [1.807, 2.05) is 0 Å². The summed E-state index contributed by atoms with van der Waals surface area (Å²) >= 11 is 3.48. The van der Waals surface area contributed by atoms with Crippen LogP contribution in [0.5, 0.6) is 0 Å². The smallest absolute Gasteiger partial charge is 0.0952 e. The van der Waals surface area contributed by atoms with Crippen LogP contribution in [-0.2, 0) is 11.2 Å². The highest BCUT2D eigenvalue weighted by molar-refractivity contribution is 9.10. The number of halogens is 1. The number of morpholine rings is 1. The van der Waals surface area contributed by atoms with Gasteiger partial charge in [-0.05, 0) is 29.7 Å². The number of benzene rings is 2. The molecular weight excluding hydrogens is 326 g/mol. The molecule has 0 saturated carbocycles. The zero-order valence-corrected chi connectivity index (χ0v) is 13.6. The Kier molecular flexibility index (Phi) is 5.07. The Morgan fingerprint density at radius 1 is 1.05 bits per heavy atom. The molecule has 2 nitrogen and oxygen atoms in total. The summed E-state index contributed by atoms with van der Waals surface area (Å²) in [4.78, 5) is 2.50. The summed E-state index contributed by atoms with van der Waals surface area (Å²) in [5.74, 6) is 0. The third-order valence-corrected chi connectivity index (χ3v) is 4.48. The molecule has 110 valence electrons. The monoisotopic (exact) mass is 345 g/mol. The van der Waals surface area contributed by atoms with Gasteiger partial charge in [0.25, 0.3) is 0 Å². The fourth-order valence-electron chi connectivity index (χ4n) is 2.72. The molecule has 1 aliphatic heterocycles. The van der Waals surface area contributed by atoms with Gasteiger partial charge in [0.15, 0.2) is 0 Å². The normalized spacial score (nSPS) is 19.6. The Morgan fingerprint density at radius 3 is 2.57 bits per heavy atom. The summed E-state index contributed by atoms with van der Waals surface area (Å²) in [5, 5.41) is 0. The summed E-state index contributed by atoms with van der Waals surface area (Å²) in [5.41, 5.74) is 2.67. The fraction of sp³-hybridized carbons (Fsp3) is 0.333. The average Bonchev–Trinajstić information content (AvgIpc) is 2.55. The van der Waals surface area contributed by atoms with Crippen molar-refractivity contribution in [2.24, 2.45) is 0 Å². The molecule has 0 bridgehead atoms. The Labute approximate surface area is 134 Å². The highest BCUT2D eigenvalue weighted by Crippen LogP contribution is 2.23. The van der Waals surface area contributed by atoms with Crippen molar-refractivity contribution in [3.63, 3.8) is 0 Å². The van der Waals surface area contributed by atoms with Gasteiger partial charge in [0.2, 0.25) is 0 Å². The SMILES string of the molecule is Brc1ccc([C@@H]2CN(CCc3ccccc3)CCO2)cc1. The zero-order valence-electron chi connectivity index (χ0n) is 12.0. The van der Waals surface area contributed by atoms with E-state index in [0.717, 1.165) is 37.1 Å². The van der Waals surface area contributed by atoms with Crippen LogP contribution in [0.3, 0.4) is 0 Å². The average molecular weight is 346 g/mol. The highest BCUT2D eigenvalue weighted by atomic mass is 79.9. The molecule has 3 heteroatoms. The van der Waals surface area contributed by atoms with E-state index in [1.165, 1.54) is 11.1 Å². The molecule has 1 atom stereocenters. The predicted octanol–water partition coefficient (Wildman–Crippen LogP) is 4.07. The van der Waals surface area contributed by atoms with Crippen molar-refractivity contribution in [3.8, 4) is 0 Å². The molecule has 3 rings (SSSR count). The maximum Gasteiger partial charge on any atom is 0.0952 e. The maximum atomic E-state index is 5.93. The van der Waals surface area contributed by atoms with Gasteiger partial charge < -0.3 is 4.74 Å². The number of rotatable bonds is 4. The van der Waals surface area contributed by atoms with E-state index in [0.29, 0.717) is 0 Å². The molecular formula is C18H20BrNO. The van der Waals surface area contributed by atoms with Crippen LogP contribution in [-0.4, -0.2) is 31.1 Å². The van der Waals surface area contributed by atoms with E-state index in [-0.39, 0.29) is 6.10 Å². The molecule has 0 aliphatic carbocycles. The number of hydrogen-bond acceptors (Lipinski definition) is 2. The Balaban J connectivity index is 1.57. The lowest BCUT2D eigenvalue weighted by Gasteiger charge is -2.33. The first-order valence-electron chi connectivity index (χ1n) is 7.44. The second kappa shape index (κ2) is 7.21. The minimum Gasteiger partial charge on any atom is -0.371 e. The Hall–Kier alpha value is -1.16. The lowest BCUT2D eigenvalue weighted by molar-refractivity contribution is -0.0295. The lowest BCUT2D eigenvalue weighted by atomic mass is 10.1. The van der Waals surface area contributed by atoms with Crippen molar-refractivity contribution >= 4 is 15.9 Å². The van der Waals surface area contributed by atoms with E-state index in [2.05, 4.69) is 75.4 Å². The first kappa shape index (κ1) is 14.8. The van der Waals surface area contributed by atoms with Gasteiger partial charge in [0, 0.05) is 24.1 Å². The molecule has 0 unspecified atom stereocenters. The quantitative estimate of drug-likeness (QED) is 0.828. The summed E-state index contributed by atoms with van der Waals surface area (Å²) in [6, 6.07) is 19.2. The van der Waals surface area contributed by atoms with Crippen molar-refractivity contribution in [1.29, 1.82) is 0 Å². The summed E-state index contributed by atoms with van der Waals surface area (Å²) < 4.78 is 7.04. The predicted molar refractivity (Wildman–Crippen MR) is 89.4 cm³/mol. The van der Waals surface area contributed by atoms with Gasteiger partial charge in [-0.1, -0.05) is 58.4 Å². The van der Waals surface area contributed by atoms with E-state index < -0.39 is 0 Å². The molecule has 1 heterocycles. The van der Waals surface area contributed by atoms with Crippen LogP contribution in [0.2, 0.25) is 0 Å². The molecule has 0 spiro atoms. The second-order valence-corrected chi connectivity index (χ2v) is 6.36. The minimum absolute atomic E-state index is 0.197. The fourth-order valence-corrected chi connectivity index (χ4v) is 2.98. The molecule has 2 aromatic carbocycles.